The third-order valence-corrected chi connectivity index (χ3v) is 4.24. The van der Waals surface area contributed by atoms with Crippen molar-refractivity contribution >= 4 is 11.8 Å². The molecule has 0 aromatic rings. The van der Waals surface area contributed by atoms with Crippen molar-refractivity contribution in [2.45, 2.75) is 33.1 Å². The van der Waals surface area contributed by atoms with Gasteiger partial charge in [0.1, 0.15) is 5.78 Å². The molecule has 3 heteroatoms. The SMILES string of the molecule is CC1(C)[C@@H]2CC[C@@]1(C(=O)[O-])C(=O)C2. The Bertz CT molecular complexity index is 293. The predicted molar refractivity (Wildman–Crippen MR) is 43.6 cm³/mol. The predicted octanol–water partition coefficient (Wildman–Crippen LogP) is 0.132. The molecule has 72 valence electrons. The molecule has 13 heavy (non-hydrogen) atoms. The molecule has 0 aromatic heterocycles. The lowest BCUT2D eigenvalue weighted by Crippen LogP contribution is -2.51. The molecule has 0 heterocycles. The molecule has 0 aliphatic heterocycles. The number of carboxylic acid groups (broad SMARTS) is 1. The van der Waals surface area contributed by atoms with E-state index >= 15 is 0 Å². The van der Waals surface area contributed by atoms with E-state index in [2.05, 4.69) is 0 Å². The van der Waals surface area contributed by atoms with Crippen molar-refractivity contribution in [3.8, 4) is 0 Å². The van der Waals surface area contributed by atoms with Crippen molar-refractivity contribution in [2.24, 2.45) is 16.7 Å². The zero-order valence-corrected chi connectivity index (χ0v) is 7.92. The number of rotatable bonds is 1. The Kier molecular flexibility index (Phi) is 1.44. The minimum atomic E-state index is -1.17. The van der Waals surface area contributed by atoms with Crippen LogP contribution in [-0.2, 0) is 9.59 Å². The van der Waals surface area contributed by atoms with Gasteiger partial charge in [0.25, 0.3) is 0 Å². The minimum Gasteiger partial charge on any atom is -0.549 e. The fourth-order valence-corrected chi connectivity index (χ4v) is 3.16. The molecule has 2 saturated carbocycles. The standard InChI is InChI=1S/C10H14O3/c1-9(2)6-3-4-10(9,8(12)13)7(11)5-6/h6H,3-5H2,1-2H3,(H,12,13)/p-1/t6-,10+/m1/s1. The van der Waals surface area contributed by atoms with Gasteiger partial charge in [-0.25, -0.2) is 0 Å². The van der Waals surface area contributed by atoms with Crippen LogP contribution in [0, 0.1) is 16.7 Å². The average molecular weight is 181 g/mol. The Morgan fingerprint density at radius 2 is 2.15 bits per heavy atom. The first-order valence-corrected chi connectivity index (χ1v) is 4.67. The topological polar surface area (TPSA) is 57.2 Å². The summed E-state index contributed by atoms with van der Waals surface area (Å²) < 4.78 is 0. The molecule has 2 bridgehead atoms. The molecule has 2 aliphatic carbocycles. The van der Waals surface area contributed by atoms with Crippen molar-refractivity contribution in [2.75, 3.05) is 0 Å². The Morgan fingerprint density at radius 1 is 1.54 bits per heavy atom. The molecule has 0 N–H and O–H groups in total. The van der Waals surface area contributed by atoms with Gasteiger partial charge in [-0.15, -0.1) is 0 Å². The maximum Gasteiger partial charge on any atom is 0.145 e. The number of hydrogen-bond donors (Lipinski definition) is 0. The van der Waals surface area contributed by atoms with E-state index in [1.54, 1.807) is 0 Å². The lowest BCUT2D eigenvalue weighted by molar-refractivity contribution is -0.320. The van der Waals surface area contributed by atoms with Crippen molar-refractivity contribution in [1.29, 1.82) is 0 Å². The Balaban J connectivity index is 2.55. The number of hydrogen-bond acceptors (Lipinski definition) is 3. The number of aliphatic carboxylic acids is 1. The van der Waals surface area contributed by atoms with Gasteiger partial charge in [0, 0.05) is 6.42 Å². The van der Waals surface area contributed by atoms with E-state index in [4.69, 9.17) is 0 Å². The monoisotopic (exact) mass is 181 g/mol. The summed E-state index contributed by atoms with van der Waals surface area (Å²) >= 11 is 0. The van der Waals surface area contributed by atoms with E-state index in [0.29, 0.717) is 12.8 Å². The summed E-state index contributed by atoms with van der Waals surface area (Å²) in [4.78, 5) is 22.7. The van der Waals surface area contributed by atoms with Gasteiger partial charge in [-0.3, -0.25) is 4.79 Å². The van der Waals surface area contributed by atoms with Crippen molar-refractivity contribution in [3.63, 3.8) is 0 Å². The lowest BCUT2D eigenvalue weighted by atomic mass is 9.69. The fourth-order valence-electron chi connectivity index (χ4n) is 3.16. The smallest absolute Gasteiger partial charge is 0.145 e. The van der Waals surface area contributed by atoms with E-state index in [0.717, 1.165) is 6.42 Å². The van der Waals surface area contributed by atoms with Crippen LogP contribution in [-0.4, -0.2) is 11.8 Å². The minimum absolute atomic E-state index is 0.117. The van der Waals surface area contributed by atoms with Gasteiger partial charge in [0.2, 0.25) is 0 Å². The highest BCUT2D eigenvalue weighted by Crippen LogP contribution is 2.63. The number of carboxylic acids is 1. The quantitative estimate of drug-likeness (QED) is 0.540. The Labute approximate surface area is 77.1 Å². The third-order valence-electron chi connectivity index (χ3n) is 4.24. The van der Waals surface area contributed by atoms with Crippen LogP contribution in [0.5, 0.6) is 0 Å². The molecule has 0 unspecified atom stereocenters. The largest absolute Gasteiger partial charge is 0.549 e. The van der Waals surface area contributed by atoms with Crippen LogP contribution >= 0.6 is 0 Å². The van der Waals surface area contributed by atoms with Crippen LogP contribution in [0.3, 0.4) is 0 Å². The van der Waals surface area contributed by atoms with E-state index in [1.807, 2.05) is 13.8 Å². The molecule has 0 amide bonds. The Hall–Kier alpha value is -0.860. The summed E-state index contributed by atoms with van der Waals surface area (Å²) in [7, 11) is 0. The zero-order chi connectivity index (χ0) is 9.85. The molecular formula is C10H13O3-. The first kappa shape index (κ1) is 8.73. The van der Waals surface area contributed by atoms with E-state index in [1.165, 1.54) is 0 Å². The highest BCUT2D eigenvalue weighted by molar-refractivity contribution is 6.06. The van der Waals surface area contributed by atoms with E-state index < -0.39 is 16.8 Å². The number of ketones is 1. The van der Waals surface area contributed by atoms with Gasteiger partial charge in [-0.05, 0) is 24.2 Å². The zero-order valence-electron chi connectivity index (χ0n) is 7.92. The van der Waals surface area contributed by atoms with Gasteiger partial charge in [-0.2, -0.15) is 0 Å². The molecule has 0 saturated heterocycles. The second-order valence-electron chi connectivity index (χ2n) is 4.78. The maximum atomic E-state index is 11.6. The lowest BCUT2D eigenvalue weighted by Gasteiger charge is -2.37. The second-order valence-corrected chi connectivity index (χ2v) is 4.78. The van der Waals surface area contributed by atoms with Gasteiger partial charge in [0.15, 0.2) is 0 Å². The summed E-state index contributed by atoms with van der Waals surface area (Å²) in [6.45, 7) is 3.76. The number of Topliss-reactive ketones (excluding diaryl/α,β-unsaturated/α-hetero) is 1. The number of fused-ring (bicyclic) bond motifs is 2. The molecule has 3 nitrogen and oxygen atoms in total. The van der Waals surface area contributed by atoms with Crippen LogP contribution in [0.1, 0.15) is 33.1 Å². The van der Waals surface area contributed by atoms with Crippen LogP contribution < -0.4 is 5.11 Å². The van der Waals surface area contributed by atoms with Crippen LogP contribution in [0.15, 0.2) is 0 Å². The van der Waals surface area contributed by atoms with Gasteiger partial charge in [-0.1, -0.05) is 13.8 Å². The van der Waals surface area contributed by atoms with Gasteiger partial charge in [0.05, 0.1) is 11.4 Å². The first-order valence-electron chi connectivity index (χ1n) is 4.67. The highest BCUT2D eigenvalue weighted by Gasteiger charge is 2.64. The van der Waals surface area contributed by atoms with E-state index in [9.17, 15) is 14.7 Å². The summed E-state index contributed by atoms with van der Waals surface area (Å²) in [6, 6.07) is 0. The molecular weight excluding hydrogens is 168 g/mol. The molecule has 0 spiro atoms. The third kappa shape index (κ3) is 0.713. The summed E-state index contributed by atoms with van der Waals surface area (Å²) in [5.41, 5.74) is -1.57. The molecule has 2 rings (SSSR count). The van der Waals surface area contributed by atoms with Crippen LogP contribution in [0.2, 0.25) is 0 Å². The first-order chi connectivity index (χ1) is 5.93. The normalized spacial score (nSPS) is 41.1. The summed E-state index contributed by atoms with van der Waals surface area (Å²) in [5.74, 6) is -1.03. The molecule has 2 fully saturated rings. The van der Waals surface area contributed by atoms with E-state index in [-0.39, 0.29) is 11.7 Å². The highest BCUT2D eigenvalue weighted by atomic mass is 16.4. The van der Waals surface area contributed by atoms with Crippen molar-refractivity contribution in [1.82, 2.24) is 0 Å². The molecule has 0 aromatic carbocycles. The fraction of sp³-hybridized carbons (Fsp3) is 0.800. The average Bonchev–Trinajstić information content (AvgIpc) is 2.35. The number of carbonyl (C=O) groups is 2. The maximum absolute atomic E-state index is 11.6. The number of carbonyl (C=O) groups excluding carboxylic acids is 2. The Morgan fingerprint density at radius 3 is 2.38 bits per heavy atom. The molecule has 2 aliphatic rings. The van der Waals surface area contributed by atoms with Crippen LogP contribution in [0.25, 0.3) is 0 Å². The van der Waals surface area contributed by atoms with Crippen molar-refractivity contribution in [3.05, 3.63) is 0 Å². The van der Waals surface area contributed by atoms with Crippen LogP contribution in [0.4, 0.5) is 0 Å². The van der Waals surface area contributed by atoms with Gasteiger partial charge >= 0.3 is 0 Å². The second kappa shape index (κ2) is 2.14. The van der Waals surface area contributed by atoms with Gasteiger partial charge < -0.3 is 9.90 Å². The molecule has 2 atom stereocenters. The summed E-state index contributed by atoms with van der Waals surface area (Å²) in [6.07, 6.45) is 1.76. The van der Waals surface area contributed by atoms with Crippen molar-refractivity contribution < 1.29 is 14.7 Å². The molecule has 0 radical (unpaired) electrons. The summed E-state index contributed by atoms with van der Waals surface area (Å²) in [5, 5.41) is 11.1.